The minimum Gasteiger partial charge on any atom is -0.494 e. The summed E-state index contributed by atoms with van der Waals surface area (Å²) < 4.78 is 26.8. The fourth-order valence-electron chi connectivity index (χ4n) is 1.40. The second kappa shape index (κ2) is 6.02. The summed E-state index contributed by atoms with van der Waals surface area (Å²) in [5.41, 5.74) is 1.25. The molecule has 17 heavy (non-hydrogen) atoms. The molecule has 0 bridgehead atoms. The Balaban J connectivity index is 2.37. The maximum Gasteiger partial charge on any atom is 0.209 e. The molecule has 0 fully saturated rings. The predicted molar refractivity (Wildman–Crippen MR) is 68.6 cm³/mol. The molecule has 0 aliphatic rings. The van der Waals surface area contributed by atoms with E-state index in [2.05, 4.69) is 13.8 Å². The number of rotatable bonds is 6. The molecule has 2 N–H and O–H groups in total. The van der Waals surface area contributed by atoms with E-state index in [0.717, 1.165) is 5.75 Å². The molecule has 0 atom stereocenters. The lowest BCUT2D eigenvalue weighted by atomic mass is 10.0. The van der Waals surface area contributed by atoms with Gasteiger partial charge < -0.3 is 4.74 Å². The molecule has 1 aromatic rings. The zero-order valence-electron chi connectivity index (χ0n) is 10.2. The fraction of sp³-hybridized carbons (Fsp3) is 0.500. The summed E-state index contributed by atoms with van der Waals surface area (Å²) in [4.78, 5) is 0. The van der Waals surface area contributed by atoms with E-state index in [9.17, 15) is 8.42 Å². The van der Waals surface area contributed by atoms with Crippen molar-refractivity contribution in [1.82, 2.24) is 0 Å². The van der Waals surface area contributed by atoms with E-state index in [-0.39, 0.29) is 5.75 Å². The molecule has 1 rings (SSSR count). The molecular weight excluding hydrogens is 238 g/mol. The van der Waals surface area contributed by atoms with Crippen LogP contribution in [0.5, 0.6) is 5.75 Å². The van der Waals surface area contributed by atoms with Gasteiger partial charge in [-0.3, -0.25) is 0 Å². The van der Waals surface area contributed by atoms with Crippen molar-refractivity contribution < 1.29 is 13.2 Å². The number of ether oxygens (including phenoxy) is 1. The zero-order valence-corrected chi connectivity index (χ0v) is 11.0. The summed E-state index contributed by atoms with van der Waals surface area (Å²) in [6, 6.07) is 7.82. The minimum absolute atomic E-state index is 0.0446. The number of hydrogen-bond donors (Lipinski definition) is 1. The van der Waals surface area contributed by atoms with Gasteiger partial charge in [-0.2, -0.15) is 0 Å². The number of nitrogens with two attached hydrogens (primary N) is 1. The zero-order chi connectivity index (χ0) is 12.9. The van der Waals surface area contributed by atoms with E-state index >= 15 is 0 Å². The lowest BCUT2D eigenvalue weighted by molar-refractivity contribution is 0.317. The fourth-order valence-corrected chi connectivity index (χ4v) is 1.92. The highest BCUT2D eigenvalue weighted by Gasteiger charge is 2.03. The molecule has 4 nitrogen and oxygen atoms in total. The smallest absolute Gasteiger partial charge is 0.209 e. The first kappa shape index (κ1) is 14.0. The third-order valence-electron chi connectivity index (χ3n) is 2.39. The van der Waals surface area contributed by atoms with Crippen LogP contribution < -0.4 is 9.88 Å². The van der Waals surface area contributed by atoms with Crippen LogP contribution >= 0.6 is 0 Å². The van der Waals surface area contributed by atoms with Gasteiger partial charge in [0.2, 0.25) is 10.0 Å². The van der Waals surface area contributed by atoms with Crippen molar-refractivity contribution in [1.29, 1.82) is 0 Å². The van der Waals surface area contributed by atoms with Crippen molar-refractivity contribution in [2.24, 2.45) is 5.14 Å². The van der Waals surface area contributed by atoms with Crippen molar-refractivity contribution in [3.63, 3.8) is 0 Å². The quantitative estimate of drug-likeness (QED) is 0.791. The molecule has 0 saturated carbocycles. The number of sulfonamides is 1. The molecule has 0 saturated heterocycles. The Morgan fingerprint density at radius 3 is 2.29 bits per heavy atom. The van der Waals surface area contributed by atoms with Crippen LogP contribution in [0.4, 0.5) is 0 Å². The highest BCUT2D eigenvalue weighted by molar-refractivity contribution is 7.89. The summed E-state index contributed by atoms with van der Waals surface area (Å²) >= 11 is 0. The van der Waals surface area contributed by atoms with Crippen LogP contribution in [-0.2, 0) is 10.0 Å². The first-order valence-corrected chi connectivity index (χ1v) is 7.33. The minimum atomic E-state index is -3.38. The van der Waals surface area contributed by atoms with Gasteiger partial charge >= 0.3 is 0 Å². The Labute approximate surface area is 103 Å². The lowest BCUT2D eigenvalue weighted by Crippen LogP contribution is -2.18. The van der Waals surface area contributed by atoms with E-state index < -0.39 is 10.0 Å². The normalized spacial score (nSPS) is 11.8. The molecular formula is C12H19NO3S. The molecule has 0 amide bonds. The molecule has 96 valence electrons. The number of benzene rings is 1. The van der Waals surface area contributed by atoms with Crippen molar-refractivity contribution in [2.45, 2.75) is 26.2 Å². The second-order valence-electron chi connectivity index (χ2n) is 4.29. The van der Waals surface area contributed by atoms with E-state index in [4.69, 9.17) is 9.88 Å². The highest BCUT2D eigenvalue weighted by atomic mass is 32.2. The van der Waals surface area contributed by atoms with Gasteiger partial charge in [0.15, 0.2) is 0 Å². The van der Waals surface area contributed by atoms with Gasteiger partial charge in [-0.15, -0.1) is 0 Å². The molecule has 0 aromatic heterocycles. The first-order valence-electron chi connectivity index (χ1n) is 5.62. The van der Waals surface area contributed by atoms with Crippen molar-refractivity contribution in [2.75, 3.05) is 12.4 Å². The Morgan fingerprint density at radius 2 is 1.82 bits per heavy atom. The van der Waals surface area contributed by atoms with Crippen molar-refractivity contribution >= 4 is 10.0 Å². The molecule has 5 heteroatoms. The maximum absolute atomic E-state index is 10.7. The topological polar surface area (TPSA) is 69.4 Å². The average molecular weight is 257 g/mol. The molecule has 0 unspecified atom stereocenters. The van der Waals surface area contributed by atoms with Crippen LogP contribution in [-0.4, -0.2) is 20.8 Å². The average Bonchev–Trinajstić information content (AvgIpc) is 2.24. The molecule has 0 heterocycles. The Kier molecular flexibility index (Phi) is 4.96. The molecule has 0 aliphatic heterocycles. The number of primary sulfonamides is 1. The Hall–Kier alpha value is -1.07. The molecule has 1 aromatic carbocycles. The lowest BCUT2D eigenvalue weighted by Gasteiger charge is -2.08. The van der Waals surface area contributed by atoms with Crippen LogP contribution in [0.1, 0.15) is 31.7 Å². The molecule has 0 radical (unpaired) electrons. The van der Waals surface area contributed by atoms with Gasteiger partial charge in [0, 0.05) is 0 Å². The summed E-state index contributed by atoms with van der Waals surface area (Å²) in [5, 5.41) is 4.88. The SMILES string of the molecule is CC(C)c1ccc(OCCCS(N)(=O)=O)cc1. The van der Waals surface area contributed by atoms with E-state index in [1.165, 1.54) is 5.56 Å². The van der Waals surface area contributed by atoms with Crippen LogP contribution in [0.3, 0.4) is 0 Å². The standard InChI is InChI=1S/C12H19NO3S/c1-10(2)11-4-6-12(7-5-11)16-8-3-9-17(13,14)15/h4-7,10H,3,8-9H2,1-2H3,(H2,13,14,15). The van der Waals surface area contributed by atoms with Crippen LogP contribution in [0.15, 0.2) is 24.3 Å². The van der Waals surface area contributed by atoms with Gasteiger partial charge in [-0.25, -0.2) is 13.6 Å². The summed E-state index contributed by atoms with van der Waals surface area (Å²) in [6.07, 6.45) is 0.408. The third-order valence-corrected chi connectivity index (χ3v) is 3.25. The Bertz CT molecular complexity index is 437. The predicted octanol–water partition coefficient (Wildman–Crippen LogP) is 1.87. The van der Waals surface area contributed by atoms with Crippen LogP contribution in [0, 0.1) is 0 Å². The monoisotopic (exact) mass is 257 g/mol. The van der Waals surface area contributed by atoms with E-state index in [1.807, 2.05) is 24.3 Å². The number of hydrogen-bond acceptors (Lipinski definition) is 3. The first-order chi connectivity index (χ1) is 7.88. The third kappa shape index (κ3) is 5.70. The van der Waals surface area contributed by atoms with Crippen LogP contribution in [0.25, 0.3) is 0 Å². The summed E-state index contributed by atoms with van der Waals surface area (Å²) in [7, 11) is -3.38. The highest BCUT2D eigenvalue weighted by Crippen LogP contribution is 2.18. The molecule has 0 aliphatic carbocycles. The van der Waals surface area contributed by atoms with Crippen molar-refractivity contribution in [3.05, 3.63) is 29.8 Å². The van der Waals surface area contributed by atoms with Crippen LogP contribution in [0.2, 0.25) is 0 Å². The molecule has 0 spiro atoms. The van der Waals surface area contributed by atoms with Gasteiger partial charge in [0.05, 0.1) is 12.4 Å². The van der Waals surface area contributed by atoms with Gasteiger partial charge in [-0.1, -0.05) is 26.0 Å². The van der Waals surface area contributed by atoms with E-state index in [1.54, 1.807) is 0 Å². The Morgan fingerprint density at radius 1 is 1.24 bits per heavy atom. The maximum atomic E-state index is 10.7. The van der Waals surface area contributed by atoms with Gasteiger partial charge in [-0.05, 0) is 30.0 Å². The second-order valence-corrected chi connectivity index (χ2v) is 6.03. The van der Waals surface area contributed by atoms with Crippen molar-refractivity contribution in [3.8, 4) is 5.75 Å². The summed E-state index contributed by atoms with van der Waals surface area (Å²) in [6.45, 7) is 4.61. The van der Waals surface area contributed by atoms with Gasteiger partial charge in [0.1, 0.15) is 5.75 Å². The van der Waals surface area contributed by atoms with E-state index in [0.29, 0.717) is 18.9 Å². The van der Waals surface area contributed by atoms with Gasteiger partial charge in [0.25, 0.3) is 0 Å². The summed E-state index contributed by atoms with van der Waals surface area (Å²) in [5.74, 6) is 1.20. The largest absolute Gasteiger partial charge is 0.494 e.